The van der Waals surface area contributed by atoms with Crippen LogP contribution in [0.15, 0.2) is 29.9 Å². The molecular weight excluding hydrogens is 234 g/mol. The highest BCUT2D eigenvalue weighted by atomic mass is 32.1. The zero-order chi connectivity index (χ0) is 11.5. The van der Waals surface area contributed by atoms with Crippen LogP contribution in [0.3, 0.4) is 0 Å². The van der Waals surface area contributed by atoms with Crippen LogP contribution in [0.25, 0.3) is 0 Å². The van der Waals surface area contributed by atoms with Gasteiger partial charge in [-0.25, -0.2) is 9.97 Å². The molecule has 0 radical (unpaired) electrons. The van der Waals surface area contributed by atoms with Crippen LogP contribution < -0.4 is 9.80 Å². The molecule has 17 heavy (non-hydrogen) atoms. The molecule has 2 aromatic heterocycles. The molecular formula is C11H13N5S. The van der Waals surface area contributed by atoms with Crippen LogP contribution in [0.4, 0.5) is 11.8 Å². The SMILES string of the molecule is c1ccc(N2CCN(c3ncsn3)CC2)nc1. The van der Waals surface area contributed by atoms with Gasteiger partial charge in [-0.2, -0.15) is 4.37 Å². The Kier molecular flexibility index (Phi) is 2.87. The summed E-state index contributed by atoms with van der Waals surface area (Å²) in [5.41, 5.74) is 1.78. The number of nitrogens with zero attached hydrogens (tertiary/aromatic N) is 5. The van der Waals surface area contributed by atoms with E-state index in [1.807, 2.05) is 18.3 Å². The number of aromatic nitrogens is 3. The van der Waals surface area contributed by atoms with E-state index < -0.39 is 0 Å². The van der Waals surface area contributed by atoms with E-state index in [4.69, 9.17) is 0 Å². The molecule has 0 bridgehead atoms. The largest absolute Gasteiger partial charge is 0.353 e. The van der Waals surface area contributed by atoms with E-state index >= 15 is 0 Å². The number of rotatable bonds is 2. The average molecular weight is 247 g/mol. The van der Waals surface area contributed by atoms with Crippen LogP contribution in [-0.4, -0.2) is 40.5 Å². The normalized spacial score (nSPS) is 16.2. The van der Waals surface area contributed by atoms with Crippen molar-refractivity contribution in [2.24, 2.45) is 0 Å². The molecule has 0 unspecified atom stereocenters. The summed E-state index contributed by atoms with van der Waals surface area (Å²) >= 11 is 1.40. The third-order valence-corrected chi connectivity index (χ3v) is 3.35. The molecule has 0 aliphatic carbocycles. The van der Waals surface area contributed by atoms with Gasteiger partial charge in [0.2, 0.25) is 5.95 Å². The predicted octanol–water partition coefficient (Wildman–Crippen LogP) is 1.26. The zero-order valence-corrected chi connectivity index (χ0v) is 10.2. The molecule has 1 saturated heterocycles. The Labute approximate surface area is 104 Å². The van der Waals surface area contributed by atoms with Crippen molar-refractivity contribution in [2.75, 3.05) is 36.0 Å². The quantitative estimate of drug-likeness (QED) is 0.799. The van der Waals surface area contributed by atoms with E-state index in [9.17, 15) is 0 Å². The van der Waals surface area contributed by atoms with E-state index in [1.54, 1.807) is 5.51 Å². The highest BCUT2D eigenvalue weighted by molar-refractivity contribution is 7.03. The molecule has 0 aromatic carbocycles. The van der Waals surface area contributed by atoms with Gasteiger partial charge in [0.15, 0.2) is 0 Å². The second-order valence-corrected chi connectivity index (χ2v) is 4.50. The van der Waals surface area contributed by atoms with Crippen molar-refractivity contribution < 1.29 is 0 Å². The number of hydrogen-bond donors (Lipinski definition) is 0. The van der Waals surface area contributed by atoms with Gasteiger partial charge in [0.05, 0.1) is 0 Å². The van der Waals surface area contributed by atoms with Gasteiger partial charge in [0.1, 0.15) is 11.3 Å². The third kappa shape index (κ3) is 2.21. The topological polar surface area (TPSA) is 45.2 Å². The number of hydrogen-bond acceptors (Lipinski definition) is 6. The zero-order valence-electron chi connectivity index (χ0n) is 9.36. The monoisotopic (exact) mass is 247 g/mol. The van der Waals surface area contributed by atoms with Gasteiger partial charge in [-0.3, -0.25) is 0 Å². The Morgan fingerprint density at radius 1 is 1.00 bits per heavy atom. The lowest BCUT2D eigenvalue weighted by Crippen LogP contribution is -2.47. The first-order valence-electron chi connectivity index (χ1n) is 5.61. The number of pyridine rings is 1. The maximum Gasteiger partial charge on any atom is 0.237 e. The molecule has 0 spiro atoms. The second-order valence-electron chi connectivity index (χ2n) is 3.89. The second kappa shape index (κ2) is 4.67. The maximum absolute atomic E-state index is 4.37. The van der Waals surface area contributed by atoms with Crippen LogP contribution in [0, 0.1) is 0 Å². The Morgan fingerprint density at radius 3 is 2.47 bits per heavy atom. The average Bonchev–Trinajstić information content (AvgIpc) is 2.94. The number of piperazine rings is 1. The van der Waals surface area contributed by atoms with Gasteiger partial charge >= 0.3 is 0 Å². The lowest BCUT2D eigenvalue weighted by atomic mass is 10.3. The molecule has 1 aliphatic heterocycles. The lowest BCUT2D eigenvalue weighted by Gasteiger charge is -2.34. The van der Waals surface area contributed by atoms with E-state index in [0.717, 1.165) is 37.9 Å². The van der Waals surface area contributed by atoms with Crippen LogP contribution in [0.5, 0.6) is 0 Å². The van der Waals surface area contributed by atoms with E-state index in [-0.39, 0.29) is 0 Å². The number of anilines is 2. The molecule has 1 aliphatic rings. The fourth-order valence-corrected chi connectivity index (χ4v) is 2.43. The van der Waals surface area contributed by atoms with Crippen LogP contribution in [0.2, 0.25) is 0 Å². The molecule has 1 fully saturated rings. The van der Waals surface area contributed by atoms with Crippen molar-refractivity contribution in [3.63, 3.8) is 0 Å². The Bertz CT molecular complexity index is 450. The summed E-state index contributed by atoms with van der Waals surface area (Å²) in [5, 5.41) is 0. The van der Waals surface area contributed by atoms with Crippen molar-refractivity contribution in [3.8, 4) is 0 Å². The Balaban J connectivity index is 1.65. The van der Waals surface area contributed by atoms with Gasteiger partial charge in [0.25, 0.3) is 0 Å². The fraction of sp³-hybridized carbons (Fsp3) is 0.364. The molecule has 6 heteroatoms. The Hall–Kier alpha value is -1.69. The van der Waals surface area contributed by atoms with Crippen molar-refractivity contribution in [1.82, 2.24) is 14.3 Å². The highest BCUT2D eigenvalue weighted by Gasteiger charge is 2.19. The van der Waals surface area contributed by atoms with Crippen molar-refractivity contribution in [1.29, 1.82) is 0 Å². The van der Waals surface area contributed by atoms with Gasteiger partial charge in [-0.05, 0) is 23.7 Å². The summed E-state index contributed by atoms with van der Waals surface area (Å²) in [7, 11) is 0. The highest BCUT2D eigenvalue weighted by Crippen LogP contribution is 2.16. The van der Waals surface area contributed by atoms with E-state index in [2.05, 4.69) is 30.2 Å². The van der Waals surface area contributed by atoms with Gasteiger partial charge in [-0.15, -0.1) is 0 Å². The summed E-state index contributed by atoms with van der Waals surface area (Å²) < 4.78 is 4.26. The van der Waals surface area contributed by atoms with Crippen LogP contribution in [0.1, 0.15) is 0 Å². The summed E-state index contributed by atoms with van der Waals surface area (Å²) in [4.78, 5) is 13.1. The predicted molar refractivity (Wildman–Crippen MR) is 68.6 cm³/mol. The standard InChI is InChI=1S/C11H13N5S/c1-2-4-12-10(3-1)15-5-7-16(8-6-15)11-13-9-17-14-11/h1-4,9H,5-8H2. The first-order valence-corrected chi connectivity index (χ1v) is 6.44. The molecule has 5 nitrogen and oxygen atoms in total. The molecule has 88 valence electrons. The molecule has 3 heterocycles. The van der Waals surface area contributed by atoms with Gasteiger partial charge < -0.3 is 9.80 Å². The van der Waals surface area contributed by atoms with E-state index in [0.29, 0.717) is 0 Å². The third-order valence-electron chi connectivity index (χ3n) is 2.89. The molecule has 0 amide bonds. The summed E-state index contributed by atoms with van der Waals surface area (Å²) in [6, 6.07) is 6.02. The minimum atomic E-state index is 0.857. The molecule has 3 rings (SSSR count). The first-order chi connectivity index (χ1) is 8.43. The fourth-order valence-electron chi connectivity index (χ4n) is 1.98. The summed E-state index contributed by atoms with van der Waals surface area (Å²) in [6.07, 6.45) is 1.84. The minimum absolute atomic E-state index is 0.857. The molecule has 0 atom stereocenters. The van der Waals surface area contributed by atoms with Crippen molar-refractivity contribution in [3.05, 3.63) is 29.9 Å². The van der Waals surface area contributed by atoms with Gasteiger partial charge in [0, 0.05) is 32.4 Å². The summed E-state index contributed by atoms with van der Waals surface area (Å²) in [6.45, 7) is 3.84. The first kappa shape index (κ1) is 10.5. The Morgan fingerprint density at radius 2 is 1.82 bits per heavy atom. The molecule has 0 N–H and O–H groups in total. The van der Waals surface area contributed by atoms with Crippen LogP contribution in [-0.2, 0) is 0 Å². The van der Waals surface area contributed by atoms with Gasteiger partial charge in [-0.1, -0.05) is 6.07 Å². The van der Waals surface area contributed by atoms with Crippen molar-refractivity contribution >= 4 is 23.3 Å². The minimum Gasteiger partial charge on any atom is -0.353 e. The maximum atomic E-state index is 4.37. The summed E-state index contributed by atoms with van der Waals surface area (Å²) in [5.74, 6) is 1.91. The molecule has 0 saturated carbocycles. The van der Waals surface area contributed by atoms with Crippen LogP contribution >= 0.6 is 11.5 Å². The molecule has 2 aromatic rings. The van der Waals surface area contributed by atoms with E-state index in [1.165, 1.54) is 11.5 Å². The van der Waals surface area contributed by atoms with Crippen molar-refractivity contribution in [2.45, 2.75) is 0 Å². The smallest absolute Gasteiger partial charge is 0.237 e. The lowest BCUT2D eigenvalue weighted by molar-refractivity contribution is 0.638.